The summed E-state index contributed by atoms with van der Waals surface area (Å²) in [4.78, 5) is 35.2. The number of Topliss-reactive ketones (excluding diaryl/α,β-unsaturated/α-hetero) is 1. The summed E-state index contributed by atoms with van der Waals surface area (Å²) in [5.41, 5.74) is 6.23. The molecule has 0 aliphatic rings. The molecular formula is C19H21N3O5S. The second-order valence-electron chi connectivity index (χ2n) is 6.16. The first-order chi connectivity index (χ1) is 13.1. The van der Waals surface area contributed by atoms with E-state index < -0.39 is 34.4 Å². The van der Waals surface area contributed by atoms with Crippen molar-refractivity contribution in [2.24, 2.45) is 5.73 Å². The third kappa shape index (κ3) is 5.02. The van der Waals surface area contributed by atoms with Crippen LogP contribution in [0.3, 0.4) is 0 Å². The van der Waals surface area contributed by atoms with E-state index in [0.717, 1.165) is 4.31 Å². The third-order valence-electron chi connectivity index (χ3n) is 4.06. The molecule has 2 aromatic rings. The van der Waals surface area contributed by atoms with Crippen LogP contribution in [0.5, 0.6) is 0 Å². The van der Waals surface area contributed by atoms with E-state index in [1.165, 1.54) is 38.2 Å². The Labute approximate surface area is 163 Å². The maximum absolute atomic E-state index is 12.6. The van der Waals surface area contributed by atoms with E-state index in [9.17, 15) is 22.8 Å². The molecule has 1 atom stereocenters. The number of sulfonamides is 1. The second-order valence-corrected chi connectivity index (χ2v) is 8.20. The summed E-state index contributed by atoms with van der Waals surface area (Å²) in [5, 5.41) is 2.45. The molecule has 0 saturated carbocycles. The van der Waals surface area contributed by atoms with Gasteiger partial charge in [0.1, 0.15) is 6.04 Å². The standard InChI is InChI=1S/C19H21N3O5S/c1-13(23)14-8-10-16(11-9-14)28(26,27)22(2)12-17(24)21-18(19(20)25)15-6-4-3-5-7-15/h3-11,18H,12H2,1-2H3,(H2,20,25)(H,21,24). The number of rotatable bonds is 8. The lowest BCUT2D eigenvalue weighted by molar-refractivity contribution is -0.127. The van der Waals surface area contributed by atoms with Gasteiger partial charge in [0.05, 0.1) is 11.4 Å². The molecule has 2 rings (SSSR count). The molecule has 0 fully saturated rings. The van der Waals surface area contributed by atoms with Crippen LogP contribution in [0.2, 0.25) is 0 Å². The Balaban J connectivity index is 2.11. The molecule has 2 amide bonds. The van der Waals surface area contributed by atoms with Crippen LogP contribution in [0.25, 0.3) is 0 Å². The molecule has 0 saturated heterocycles. The van der Waals surface area contributed by atoms with Crippen molar-refractivity contribution in [1.82, 2.24) is 9.62 Å². The largest absolute Gasteiger partial charge is 0.368 e. The van der Waals surface area contributed by atoms with Crippen molar-refractivity contribution < 1.29 is 22.8 Å². The fraction of sp³-hybridized carbons (Fsp3) is 0.211. The van der Waals surface area contributed by atoms with Gasteiger partial charge in [-0.1, -0.05) is 42.5 Å². The van der Waals surface area contributed by atoms with Crippen molar-refractivity contribution >= 4 is 27.6 Å². The average Bonchev–Trinajstić information content (AvgIpc) is 2.66. The third-order valence-corrected chi connectivity index (χ3v) is 5.88. The Morgan fingerprint density at radius 2 is 1.61 bits per heavy atom. The van der Waals surface area contributed by atoms with Crippen molar-refractivity contribution in [3.63, 3.8) is 0 Å². The molecule has 8 nitrogen and oxygen atoms in total. The smallest absolute Gasteiger partial charge is 0.244 e. The van der Waals surface area contributed by atoms with Crippen LogP contribution >= 0.6 is 0 Å². The highest BCUT2D eigenvalue weighted by Crippen LogP contribution is 2.16. The van der Waals surface area contributed by atoms with E-state index in [1.54, 1.807) is 30.3 Å². The van der Waals surface area contributed by atoms with Gasteiger partial charge in [-0.05, 0) is 24.6 Å². The van der Waals surface area contributed by atoms with Crippen molar-refractivity contribution in [2.75, 3.05) is 13.6 Å². The molecule has 0 aliphatic heterocycles. The quantitative estimate of drug-likeness (QED) is 0.632. The van der Waals surface area contributed by atoms with Gasteiger partial charge in [-0.3, -0.25) is 14.4 Å². The van der Waals surface area contributed by atoms with Gasteiger partial charge in [-0.15, -0.1) is 0 Å². The molecule has 9 heteroatoms. The van der Waals surface area contributed by atoms with Gasteiger partial charge >= 0.3 is 0 Å². The van der Waals surface area contributed by atoms with Crippen LogP contribution in [0, 0.1) is 0 Å². The lowest BCUT2D eigenvalue weighted by Gasteiger charge is -2.20. The van der Waals surface area contributed by atoms with Crippen molar-refractivity contribution in [3.05, 3.63) is 65.7 Å². The lowest BCUT2D eigenvalue weighted by atomic mass is 10.1. The minimum Gasteiger partial charge on any atom is -0.368 e. The first-order valence-corrected chi connectivity index (χ1v) is 9.78. The highest BCUT2D eigenvalue weighted by atomic mass is 32.2. The number of carbonyl (C=O) groups excluding carboxylic acids is 3. The molecule has 0 bridgehead atoms. The van der Waals surface area contributed by atoms with Gasteiger partial charge < -0.3 is 11.1 Å². The summed E-state index contributed by atoms with van der Waals surface area (Å²) >= 11 is 0. The van der Waals surface area contributed by atoms with Gasteiger partial charge in [0, 0.05) is 12.6 Å². The zero-order chi connectivity index (χ0) is 20.9. The Hall–Kier alpha value is -3.04. The highest BCUT2D eigenvalue weighted by Gasteiger charge is 2.26. The summed E-state index contributed by atoms with van der Waals surface area (Å²) in [6.07, 6.45) is 0. The summed E-state index contributed by atoms with van der Waals surface area (Å²) < 4.78 is 26.1. The number of benzene rings is 2. The molecule has 0 heterocycles. The van der Waals surface area contributed by atoms with E-state index in [0.29, 0.717) is 11.1 Å². The number of hydrogen-bond acceptors (Lipinski definition) is 5. The second kappa shape index (κ2) is 8.77. The van der Waals surface area contributed by atoms with Crippen molar-refractivity contribution in [1.29, 1.82) is 0 Å². The Morgan fingerprint density at radius 1 is 1.04 bits per heavy atom. The zero-order valence-corrected chi connectivity index (χ0v) is 16.3. The van der Waals surface area contributed by atoms with E-state index in [2.05, 4.69) is 5.32 Å². The Morgan fingerprint density at radius 3 is 2.11 bits per heavy atom. The summed E-state index contributed by atoms with van der Waals surface area (Å²) in [6, 6.07) is 12.7. The summed E-state index contributed by atoms with van der Waals surface area (Å²) in [6.45, 7) is 0.870. The van der Waals surface area contributed by atoms with Crippen molar-refractivity contribution in [3.8, 4) is 0 Å². The maximum atomic E-state index is 12.6. The lowest BCUT2D eigenvalue weighted by Crippen LogP contribution is -2.43. The minimum absolute atomic E-state index is 0.0534. The number of amides is 2. The molecule has 3 N–H and O–H groups in total. The molecule has 0 spiro atoms. The van der Waals surface area contributed by atoms with Crippen LogP contribution in [0.4, 0.5) is 0 Å². The molecule has 28 heavy (non-hydrogen) atoms. The molecular weight excluding hydrogens is 382 g/mol. The molecule has 148 valence electrons. The number of nitrogens with zero attached hydrogens (tertiary/aromatic N) is 1. The number of nitrogens with one attached hydrogen (secondary N) is 1. The van der Waals surface area contributed by atoms with Crippen molar-refractivity contribution in [2.45, 2.75) is 17.9 Å². The predicted octanol–water partition coefficient (Wildman–Crippen LogP) is 0.853. The fourth-order valence-electron chi connectivity index (χ4n) is 2.50. The fourth-order valence-corrected chi connectivity index (χ4v) is 3.63. The monoisotopic (exact) mass is 403 g/mol. The molecule has 0 radical (unpaired) electrons. The van der Waals surface area contributed by atoms with Gasteiger partial charge in [-0.2, -0.15) is 4.31 Å². The van der Waals surface area contributed by atoms with Gasteiger partial charge in [0.15, 0.2) is 5.78 Å². The number of hydrogen-bond donors (Lipinski definition) is 2. The van der Waals surface area contributed by atoms with Gasteiger partial charge in [-0.25, -0.2) is 8.42 Å². The Bertz CT molecular complexity index is 972. The molecule has 2 aromatic carbocycles. The maximum Gasteiger partial charge on any atom is 0.244 e. The zero-order valence-electron chi connectivity index (χ0n) is 15.5. The Kier molecular flexibility index (Phi) is 6.66. The normalized spacial score (nSPS) is 12.4. The topological polar surface area (TPSA) is 127 Å². The predicted molar refractivity (Wildman–Crippen MR) is 103 cm³/mol. The van der Waals surface area contributed by atoms with Crippen LogP contribution in [-0.2, 0) is 19.6 Å². The highest BCUT2D eigenvalue weighted by molar-refractivity contribution is 7.89. The first-order valence-electron chi connectivity index (χ1n) is 8.34. The molecule has 0 aromatic heterocycles. The van der Waals surface area contributed by atoms with Crippen LogP contribution in [0.1, 0.15) is 28.9 Å². The van der Waals surface area contributed by atoms with E-state index in [-0.39, 0.29) is 10.7 Å². The van der Waals surface area contributed by atoms with Crippen LogP contribution in [0.15, 0.2) is 59.5 Å². The average molecular weight is 403 g/mol. The molecule has 0 aliphatic carbocycles. The summed E-state index contributed by atoms with van der Waals surface area (Å²) in [5.74, 6) is -1.63. The van der Waals surface area contributed by atoms with Gasteiger partial charge in [0.25, 0.3) is 0 Å². The van der Waals surface area contributed by atoms with E-state index in [4.69, 9.17) is 5.73 Å². The number of ketones is 1. The number of primary amides is 1. The van der Waals surface area contributed by atoms with Gasteiger partial charge in [0.2, 0.25) is 21.8 Å². The number of nitrogens with two attached hydrogens (primary N) is 1. The number of carbonyl (C=O) groups is 3. The van der Waals surface area contributed by atoms with E-state index >= 15 is 0 Å². The van der Waals surface area contributed by atoms with Crippen LogP contribution in [-0.4, -0.2) is 43.9 Å². The SMILES string of the molecule is CC(=O)c1ccc(S(=O)(=O)N(C)CC(=O)NC(C(N)=O)c2ccccc2)cc1. The minimum atomic E-state index is -3.95. The van der Waals surface area contributed by atoms with Crippen LogP contribution < -0.4 is 11.1 Å². The first kappa shape index (κ1) is 21.3. The number of likely N-dealkylation sites (N-methyl/N-ethyl adjacent to an activating group) is 1. The van der Waals surface area contributed by atoms with E-state index in [1.807, 2.05) is 0 Å². The summed E-state index contributed by atoms with van der Waals surface area (Å²) in [7, 11) is -2.71. The molecule has 1 unspecified atom stereocenters.